The zero-order valence-electron chi connectivity index (χ0n) is 30.2. The van der Waals surface area contributed by atoms with Crippen LogP contribution in [0.2, 0.25) is 0 Å². The number of alkyl halides is 2. The Bertz CT molecular complexity index is 1540. The van der Waals surface area contributed by atoms with Gasteiger partial charge in [-0.2, -0.15) is 0 Å². The largest absolute Gasteiger partial charge is 0.327 e. The third kappa shape index (κ3) is 13.7. The van der Waals surface area contributed by atoms with Crippen LogP contribution >= 0.6 is 39.0 Å². The van der Waals surface area contributed by atoms with Gasteiger partial charge in [-0.05, 0) is 89.2 Å². The third-order valence-electron chi connectivity index (χ3n) is 8.03. The number of halogens is 2. The fraction of sp³-hybridized carbons (Fsp3) is 0.182. The molecule has 4 N–H and O–H groups in total. The Morgan fingerprint density at radius 3 is 0.588 bits per heavy atom. The summed E-state index contributed by atoms with van der Waals surface area (Å²) in [6.45, 7) is 12.9. The van der Waals surface area contributed by atoms with Crippen molar-refractivity contribution in [3.63, 3.8) is 0 Å². The van der Waals surface area contributed by atoms with Crippen LogP contribution in [0.4, 0.5) is 0 Å². The van der Waals surface area contributed by atoms with Gasteiger partial charge in [0, 0.05) is 26.0 Å². The number of nitrogens with two attached hydrogens (primary N) is 2. The maximum Gasteiger partial charge on any atom is 0.178 e. The van der Waals surface area contributed by atoms with Crippen LogP contribution in [0.3, 0.4) is 0 Å². The van der Waals surface area contributed by atoms with Gasteiger partial charge in [0.2, 0.25) is 0 Å². The summed E-state index contributed by atoms with van der Waals surface area (Å²) in [6, 6.07) is 53.9. The van der Waals surface area contributed by atoms with E-state index in [1.54, 1.807) is 0 Å². The number of hydrogen-bond donors (Lipinski definition) is 2. The molecule has 7 heteroatoms. The maximum atomic E-state index is 5.14. The third-order valence-corrected chi connectivity index (χ3v) is 13.2. The van der Waals surface area contributed by atoms with Gasteiger partial charge in [0.25, 0.3) is 0 Å². The van der Waals surface area contributed by atoms with Gasteiger partial charge in [-0.3, -0.25) is 5.73 Å². The molecule has 0 heterocycles. The van der Waals surface area contributed by atoms with E-state index in [1.165, 1.54) is 65.2 Å². The molecular weight excluding hydrogens is 790 g/mol. The van der Waals surface area contributed by atoms with Crippen LogP contribution in [0.1, 0.15) is 33.4 Å². The fourth-order valence-corrected chi connectivity index (χ4v) is 9.53. The van der Waals surface area contributed by atoms with Gasteiger partial charge >= 0.3 is 0 Å². The molecule has 0 aromatic heterocycles. The molecular formula is C44H48Cl2N2P2Ru. The van der Waals surface area contributed by atoms with Crippen LogP contribution in [-0.2, 0) is 19.5 Å². The van der Waals surface area contributed by atoms with Crippen molar-refractivity contribution >= 4 is 70.9 Å². The van der Waals surface area contributed by atoms with Gasteiger partial charge in [-0.1, -0.05) is 202 Å². The summed E-state index contributed by atoms with van der Waals surface area (Å²) in [7, 11) is -0.966. The molecule has 0 unspecified atom stereocenters. The zero-order chi connectivity index (χ0) is 36.3. The van der Waals surface area contributed by atoms with Crippen molar-refractivity contribution in [2.45, 2.75) is 46.0 Å². The molecule has 0 radical (unpaired) electrons. The smallest absolute Gasteiger partial charge is 0.178 e. The second kappa shape index (κ2) is 20.5. The molecule has 2 nitrogen and oxygen atoms in total. The van der Waals surface area contributed by atoms with E-state index < -0.39 is 20.3 Å². The van der Waals surface area contributed by atoms with Crippen molar-refractivity contribution in [3.8, 4) is 0 Å². The summed E-state index contributed by atoms with van der Waals surface area (Å²) in [4.78, 5) is 0. The van der Waals surface area contributed by atoms with Crippen LogP contribution in [0.25, 0.3) is 0 Å². The summed E-state index contributed by atoms with van der Waals surface area (Å²) in [6.07, 6.45) is 0. The second-order valence-corrected chi connectivity index (χ2v) is 18.6. The first-order valence-electron chi connectivity index (χ1n) is 16.7. The van der Waals surface area contributed by atoms with Gasteiger partial charge in [-0.15, -0.1) is 0 Å². The minimum Gasteiger partial charge on any atom is -0.327 e. The molecule has 0 saturated carbocycles. The molecule has 0 aliphatic carbocycles. The molecule has 6 rings (SSSR count). The first kappa shape index (κ1) is 42.7. The summed E-state index contributed by atoms with van der Waals surface area (Å²) >= 11 is 10.3. The maximum absolute atomic E-state index is 5.14. The standard InChI is InChI=1S/2C21H21P.C2H6Cl2N2.Ru/c2*1-16-4-10-19(11-5-16)22(20-12-6-17(2)7-13-20)21-14-8-18(3)9-15-21;3-2(4,6)1-5;/h2*4-15H,1-3H3;1,5-6H2;. The number of aryl methyl sites for hydroxylation is 6. The Kier molecular flexibility index (Phi) is 17.2. The molecule has 0 fully saturated rings. The average molecular weight is 839 g/mol. The van der Waals surface area contributed by atoms with E-state index in [0.717, 1.165) is 0 Å². The predicted octanol–water partition coefficient (Wildman–Crippen LogP) is 8.77. The predicted molar refractivity (Wildman–Crippen MR) is 226 cm³/mol. The summed E-state index contributed by atoms with van der Waals surface area (Å²) < 4.78 is -1.24. The Labute approximate surface area is 331 Å². The van der Waals surface area contributed by atoms with Crippen LogP contribution in [0.15, 0.2) is 146 Å². The normalized spacial score (nSPS) is 10.8. The Morgan fingerprint density at radius 1 is 0.373 bits per heavy atom. The molecule has 0 atom stereocenters. The van der Waals surface area contributed by atoms with Crippen LogP contribution in [-0.4, -0.2) is 11.0 Å². The van der Waals surface area contributed by atoms with Gasteiger partial charge in [-0.25, -0.2) is 0 Å². The fourth-order valence-electron chi connectivity index (χ4n) is 5.06. The molecule has 0 spiro atoms. The number of rotatable bonds is 7. The van der Waals surface area contributed by atoms with Crippen molar-refractivity contribution < 1.29 is 19.5 Å². The minimum atomic E-state index is -1.24. The van der Waals surface area contributed by atoms with E-state index >= 15 is 0 Å². The molecule has 6 aromatic rings. The van der Waals surface area contributed by atoms with E-state index in [0.29, 0.717) is 0 Å². The summed E-state index contributed by atoms with van der Waals surface area (Å²) in [5.74, 6) is 0. The Balaban J connectivity index is 0.000000234. The van der Waals surface area contributed by atoms with Crippen molar-refractivity contribution in [2.75, 3.05) is 6.54 Å². The molecule has 6 aromatic carbocycles. The van der Waals surface area contributed by atoms with Crippen molar-refractivity contribution in [1.29, 1.82) is 0 Å². The minimum absolute atomic E-state index is 0. The molecule has 0 bridgehead atoms. The second-order valence-electron chi connectivity index (χ2n) is 12.6. The van der Waals surface area contributed by atoms with Gasteiger partial charge in [0.1, 0.15) is 0 Å². The number of hydrogen-bond acceptors (Lipinski definition) is 2. The van der Waals surface area contributed by atoms with Crippen molar-refractivity contribution in [2.24, 2.45) is 11.5 Å². The van der Waals surface area contributed by atoms with Crippen LogP contribution < -0.4 is 43.3 Å². The first-order chi connectivity index (χ1) is 23.8. The topological polar surface area (TPSA) is 52.0 Å². The van der Waals surface area contributed by atoms with Crippen LogP contribution in [0.5, 0.6) is 0 Å². The quantitative estimate of drug-likeness (QED) is 0.0732. The van der Waals surface area contributed by atoms with E-state index in [9.17, 15) is 0 Å². The zero-order valence-corrected chi connectivity index (χ0v) is 35.3. The molecule has 0 saturated heterocycles. The molecule has 266 valence electrons. The monoisotopic (exact) mass is 838 g/mol. The Morgan fingerprint density at radius 2 is 0.490 bits per heavy atom. The van der Waals surface area contributed by atoms with Crippen LogP contribution in [0, 0.1) is 41.5 Å². The summed E-state index contributed by atoms with van der Waals surface area (Å²) in [5, 5.41) is 8.46. The molecule has 0 aliphatic heterocycles. The van der Waals surface area contributed by atoms with E-state index in [2.05, 4.69) is 187 Å². The van der Waals surface area contributed by atoms with Crippen molar-refractivity contribution in [1.82, 2.24) is 0 Å². The average Bonchev–Trinajstić information content (AvgIpc) is 3.10. The SMILES string of the molecule is Cc1ccc(P(c2ccc(C)cc2)c2ccc(C)cc2)cc1.Cc1ccc(P(c2ccc(C)cc2)c2ccc(C)cc2)cc1.NCC(N)(Cl)Cl.[Ru]. The van der Waals surface area contributed by atoms with E-state index in [4.69, 9.17) is 34.7 Å². The Hall–Kier alpha value is -2.70. The molecule has 51 heavy (non-hydrogen) atoms. The molecule has 0 aliphatic rings. The van der Waals surface area contributed by atoms with E-state index in [1.807, 2.05) is 0 Å². The van der Waals surface area contributed by atoms with Gasteiger partial charge in [0.15, 0.2) is 4.46 Å². The molecule has 0 amide bonds. The number of benzene rings is 6. The van der Waals surface area contributed by atoms with Crippen molar-refractivity contribution in [3.05, 3.63) is 179 Å². The summed E-state index contributed by atoms with van der Waals surface area (Å²) in [5.41, 5.74) is 17.7. The first-order valence-corrected chi connectivity index (χ1v) is 20.1. The van der Waals surface area contributed by atoms with Gasteiger partial charge < -0.3 is 5.73 Å². The van der Waals surface area contributed by atoms with E-state index in [-0.39, 0.29) is 26.0 Å². The van der Waals surface area contributed by atoms with Gasteiger partial charge in [0.05, 0.1) is 0 Å².